The molecule has 128 valence electrons. The number of carbonyl (C=O) groups is 1. The minimum Gasteiger partial charge on any atom is -0.355 e. The lowest BCUT2D eigenvalue weighted by atomic mass is 9.78. The molecule has 1 spiro atoms. The Kier molecular flexibility index (Phi) is 3.55. The summed E-state index contributed by atoms with van der Waals surface area (Å²) in [5.41, 5.74) is 0.00561. The number of fused-ring (bicyclic) bond motifs is 1. The zero-order valence-electron chi connectivity index (χ0n) is 12.5. The maximum Gasteiger partial charge on any atom is 0.393 e. The van der Waals surface area contributed by atoms with Gasteiger partial charge in [-0.25, -0.2) is 4.98 Å². The Morgan fingerprint density at radius 2 is 2.08 bits per heavy atom. The maximum absolute atomic E-state index is 12.6. The van der Waals surface area contributed by atoms with Gasteiger partial charge in [-0.05, 0) is 24.1 Å². The first kappa shape index (κ1) is 16.1. The quantitative estimate of drug-likeness (QED) is 0.744. The largest absolute Gasteiger partial charge is 0.393 e. The number of ketones is 1. The summed E-state index contributed by atoms with van der Waals surface area (Å²) in [5.74, 6) is 0.850. The summed E-state index contributed by atoms with van der Waals surface area (Å²) in [6, 6.07) is 1.50. The van der Waals surface area contributed by atoms with E-state index in [1.807, 2.05) is 4.90 Å². The third-order valence-corrected chi connectivity index (χ3v) is 5.83. The monoisotopic (exact) mass is 375 g/mol. The molecule has 4 nitrogen and oxygen atoms in total. The van der Waals surface area contributed by atoms with Crippen LogP contribution in [0, 0.1) is 5.41 Å². The zero-order chi connectivity index (χ0) is 17.1. The topological polar surface area (TPSA) is 46.1 Å². The van der Waals surface area contributed by atoms with E-state index in [9.17, 15) is 18.0 Å². The molecule has 0 unspecified atom stereocenters. The second-order valence-corrected chi connectivity index (χ2v) is 8.06. The zero-order valence-corrected chi connectivity index (χ0v) is 14.1. The van der Waals surface area contributed by atoms with Gasteiger partial charge >= 0.3 is 6.18 Å². The molecule has 0 bridgehead atoms. The number of carbonyl (C=O) groups excluding carboxylic acids is 1. The van der Waals surface area contributed by atoms with Crippen LogP contribution in [0.5, 0.6) is 0 Å². The lowest BCUT2D eigenvalue weighted by Crippen LogP contribution is -2.55. The van der Waals surface area contributed by atoms with Gasteiger partial charge in [-0.15, -0.1) is 11.3 Å². The van der Waals surface area contributed by atoms with Crippen LogP contribution in [-0.4, -0.2) is 35.0 Å². The molecule has 0 atom stereocenters. The summed E-state index contributed by atoms with van der Waals surface area (Å²) in [4.78, 5) is 22.5. The number of halogens is 4. The van der Waals surface area contributed by atoms with E-state index in [1.165, 1.54) is 6.07 Å². The number of thiophene rings is 1. The number of Topliss-reactive ketones (excluding diaryl/α,β-unsaturated/α-hetero) is 1. The Labute approximate surface area is 144 Å². The highest BCUT2D eigenvalue weighted by atomic mass is 35.5. The van der Waals surface area contributed by atoms with Crippen LogP contribution < -0.4 is 4.90 Å². The first-order valence-corrected chi connectivity index (χ1v) is 8.72. The second-order valence-electron chi connectivity index (χ2n) is 6.61. The minimum absolute atomic E-state index is 0.00561. The first-order valence-electron chi connectivity index (χ1n) is 7.52. The van der Waals surface area contributed by atoms with Crippen LogP contribution in [0.4, 0.5) is 19.0 Å². The molecule has 0 radical (unpaired) electrons. The smallest absolute Gasteiger partial charge is 0.355 e. The fourth-order valence-electron chi connectivity index (χ4n) is 3.64. The van der Waals surface area contributed by atoms with E-state index in [1.54, 1.807) is 0 Å². The number of anilines is 1. The van der Waals surface area contributed by atoms with Crippen molar-refractivity contribution in [1.29, 1.82) is 0 Å². The lowest BCUT2D eigenvalue weighted by molar-refractivity contribution is -0.126. The van der Waals surface area contributed by atoms with Crippen LogP contribution in [0.1, 0.15) is 24.1 Å². The van der Waals surface area contributed by atoms with E-state index >= 15 is 0 Å². The fraction of sp³-hybridized carbons (Fsp3) is 0.533. The molecule has 2 fully saturated rings. The van der Waals surface area contributed by atoms with E-state index < -0.39 is 12.6 Å². The molecule has 0 amide bonds. The van der Waals surface area contributed by atoms with Gasteiger partial charge in [0.05, 0.1) is 11.8 Å². The van der Waals surface area contributed by atoms with Crippen molar-refractivity contribution in [1.82, 2.24) is 9.97 Å². The molecule has 24 heavy (non-hydrogen) atoms. The molecule has 9 heteroatoms. The molecule has 0 N–H and O–H groups in total. The number of hydrogen-bond acceptors (Lipinski definition) is 5. The summed E-state index contributed by atoms with van der Waals surface area (Å²) in [5, 5.41) is 0.629. The Morgan fingerprint density at radius 3 is 2.71 bits per heavy atom. The molecule has 2 aromatic rings. The average Bonchev–Trinajstić information content (AvgIpc) is 2.97. The number of aromatic nitrogens is 2. The summed E-state index contributed by atoms with van der Waals surface area (Å²) >= 11 is 6.94. The van der Waals surface area contributed by atoms with E-state index in [0.717, 1.165) is 17.8 Å². The third kappa shape index (κ3) is 2.86. The molecule has 1 aliphatic carbocycles. The van der Waals surface area contributed by atoms with Gasteiger partial charge in [-0.1, -0.05) is 0 Å². The predicted molar refractivity (Wildman–Crippen MR) is 85.7 cm³/mol. The molecule has 3 heterocycles. The number of rotatable bonds is 2. The minimum atomic E-state index is -4.26. The van der Waals surface area contributed by atoms with Crippen molar-refractivity contribution in [3.05, 3.63) is 16.2 Å². The highest BCUT2D eigenvalue weighted by Gasteiger charge is 2.48. The SMILES string of the molecule is O=C1CCC2(C1)CN(c1nc(Cl)nc3sc(CC(F)(F)F)cc13)C2. The van der Waals surface area contributed by atoms with Crippen molar-refractivity contribution in [2.45, 2.75) is 31.9 Å². The van der Waals surface area contributed by atoms with E-state index in [0.29, 0.717) is 42.0 Å². The van der Waals surface area contributed by atoms with Gasteiger partial charge in [-0.3, -0.25) is 4.79 Å². The Bertz CT molecular complexity index is 829. The maximum atomic E-state index is 12.6. The molecule has 4 rings (SSSR count). The van der Waals surface area contributed by atoms with Gasteiger partial charge in [0.25, 0.3) is 0 Å². The number of nitrogens with zero attached hydrogens (tertiary/aromatic N) is 3. The molecule has 0 aromatic carbocycles. The van der Waals surface area contributed by atoms with Crippen LogP contribution in [0.15, 0.2) is 6.07 Å². The van der Waals surface area contributed by atoms with Crippen molar-refractivity contribution in [3.8, 4) is 0 Å². The molecule has 2 aromatic heterocycles. The van der Waals surface area contributed by atoms with Crippen LogP contribution in [-0.2, 0) is 11.2 Å². The van der Waals surface area contributed by atoms with Crippen LogP contribution >= 0.6 is 22.9 Å². The van der Waals surface area contributed by atoms with Gasteiger partial charge in [0.15, 0.2) is 0 Å². The molecule has 1 saturated heterocycles. The van der Waals surface area contributed by atoms with Gasteiger partial charge in [-0.2, -0.15) is 18.2 Å². The Balaban J connectivity index is 1.64. The molecule has 2 aliphatic rings. The Morgan fingerprint density at radius 1 is 1.33 bits per heavy atom. The summed E-state index contributed by atoms with van der Waals surface area (Å²) in [6.07, 6.45) is -3.18. The van der Waals surface area contributed by atoms with Gasteiger partial charge in [0.1, 0.15) is 16.4 Å². The predicted octanol–water partition coefficient (Wildman–Crippen LogP) is 4.01. The third-order valence-electron chi connectivity index (χ3n) is 4.63. The van der Waals surface area contributed by atoms with Crippen molar-refractivity contribution >= 4 is 44.8 Å². The molecular weight excluding hydrogens is 363 g/mol. The van der Waals surface area contributed by atoms with Crippen molar-refractivity contribution in [3.63, 3.8) is 0 Å². The lowest BCUT2D eigenvalue weighted by Gasteiger charge is -2.48. The van der Waals surface area contributed by atoms with Gasteiger partial charge < -0.3 is 4.90 Å². The normalized spacial score (nSPS) is 20.2. The standard InChI is InChI=1S/C15H13ClF3N3OS/c16-13-20-11(22-6-14(7-22)2-1-8(23)4-14)10-3-9(5-15(17,18)19)24-12(10)21-13/h3H,1-2,4-7H2. The van der Waals surface area contributed by atoms with Crippen molar-refractivity contribution < 1.29 is 18.0 Å². The van der Waals surface area contributed by atoms with Gasteiger partial charge in [0.2, 0.25) is 5.28 Å². The highest BCUT2D eigenvalue weighted by Crippen LogP contribution is 2.47. The van der Waals surface area contributed by atoms with Gasteiger partial charge in [0, 0.05) is 36.2 Å². The van der Waals surface area contributed by atoms with Crippen LogP contribution in [0.25, 0.3) is 10.2 Å². The van der Waals surface area contributed by atoms with Crippen molar-refractivity contribution in [2.24, 2.45) is 5.41 Å². The number of hydrogen-bond donors (Lipinski definition) is 0. The number of alkyl halides is 3. The van der Waals surface area contributed by atoms with Crippen molar-refractivity contribution in [2.75, 3.05) is 18.0 Å². The average molecular weight is 376 g/mol. The summed E-state index contributed by atoms with van der Waals surface area (Å²) in [7, 11) is 0. The summed E-state index contributed by atoms with van der Waals surface area (Å²) < 4.78 is 37.9. The van der Waals surface area contributed by atoms with E-state index in [-0.39, 0.29) is 21.4 Å². The first-order chi connectivity index (χ1) is 11.2. The summed E-state index contributed by atoms with van der Waals surface area (Å²) in [6.45, 7) is 1.37. The highest BCUT2D eigenvalue weighted by molar-refractivity contribution is 7.18. The van der Waals surface area contributed by atoms with E-state index in [4.69, 9.17) is 11.6 Å². The van der Waals surface area contributed by atoms with E-state index in [2.05, 4.69) is 9.97 Å². The fourth-order valence-corrected chi connectivity index (χ4v) is 4.91. The molecule has 1 aliphatic heterocycles. The molecular formula is C15H13ClF3N3OS. The van der Waals surface area contributed by atoms with Crippen LogP contribution in [0.3, 0.4) is 0 Å². The second kappa shape index (κ2) is 5.29. The van der Waals surface area contributed by atoms with Crippen LogP contribution in [0.2, 0.25) is 5.28 Å². The Hall–Kier alpha value is -1.41. The molecule has 1 saturated carbocycles.